The standard InChI is InChI=1S/C10H12N4O5.Na/c15-1-4-6(16)7(17)10(19-4)14-3-13-5-8(14)11-2-12-9(5)18;/h2-4,6-7,10,15-17H,1H2,(H,11,12,18);. The van der Waals surface area contributed by atoms with E-state index >= 15 is 0 Å². The maximum atomic E-state index is 11.5. The number of H-pyrrole nitrogens is 1. The van der Waals surface area contributed by atoms with Crippen molar-refractivity contribution >= 4 is 40.7 Å². The minimum atomic E-state index is -1.24. The number of aliphatic hydroxyl groups is 3. The summed E-state index contributed by atoms with van der Waals surface area (Å²) in [6, 6.07) is 0. The van der Waals surface area contributed by atoms with E-state index in [0.29, 0.717) is 0 Å². The Balaban J connectivity index is 0.00000147. The van der Waals surface area contributed by atoms with Crippen LogP contribution in [0.5, 0.6) is 0 Å². The molecule has 0 spiro atoms. The molecule has 1 saturated heterocycles. The van der Waals surface area contributed by atoms with Gasteiger partial charge in [0.05, 0.1) is 19.3 Å². The average molecular weight is 291 g/mol. The number of imidazole rings is 1. The number of aromatic amines is 1. The summed E-state index contributed by atoms with van der Waals surface area (Å²) in [4.78, 5) is 21.8. The van der Waals surface area contributed by atoms with Gasteiger partial charge in [0.25, 0.3) is 5.56 Å². The second-order valence-electron chi connectivity index (χ2n) is 4.28. The molecule has 9 nitrogen and oxygen atoms in total. The number of ether oxygens (including phenoxy) is 1. The third kappa shape index (κ3) is 2.31. The first-order valence-electron chi connectivity index (χ1n) is 5.66. The van der Waals surface area contributed by atoms with Crippen molar-refractivity contribution in [2.45, 2.75) is 24.5 Å². The summed E-state index contributed by atoms with van der Waals surface area (Å²) >= 11 is 0. The van der Waals surface area contributed by atoms with Crippen molar-refractivity contribution < 1.29 is 20.1 Å². The molecule has 0 amide bonds. The molecule has 0 bridgehead atoms. The Kier molecular flexibility index (Phi) is 4.59. The molecule has 2 aromatic rings. The van der Waals surface area contributed by atoms with Crippen LogP contribution < -0.4 is 5.56 Å². The van der Waals surface area contributed by atoms with E-state index in [0.717, 1.165) is 0 Å². The Morgan fingerprint density at radius 3 is 2.75 bits per heavy atom. The van der Waals surface area contributed by atoms with Crippen molar-refractivity contribution in [1.29, 1.82) is 0 Å². The summed E-state index contributed by atoms with van der Waals surface area (Å²) < 4.78 is 6.70. The number of hydrogen-bond acceptors (Lipinski definition) is 7. The van der Waals surface area contributed by atoms with Gasteiger partial charge in [-0.15, -0.1) is 0 Å². The van der Waals surface area contributed by atoms with Crippen molar-refractivity contribution in [2.24, 2.45) is 0 Å². The van der Waals surface area contributed by atoms with Gasteiger partial charge in [-0.2, -0.15) is 0 Å². The van der Waals surface area contributed by atoms with Crippen molar-refractivity contribution in [3.8, 4) is 0 Å². The fourth-order valence-corrected chi connectivity index (χ4v) is 2.16. The average Bonchev–Trinajstić information content (AvgIpc) is 2.94. The van der Waals surface area contributed by atoms with E-state index < -0.39 is 36.7 Å². The van der Waals surface area contributed by atoms with Crippen LogP contribution in [0.2, 0.25) is 0 Å². The zero-order valence-corrected chi connectivity index (χ0v) is 12.7. The van der Waals surface area contributed by atoms with Crippen LogP contribution in [-0.2, 0) is 4.74 Å². The number of hydrogen-bond donors (Lipinski definition) is 4. The Labute approximate surface area is 134 Å². The van der Waals surface area contributed by atoms with E-state index in [4.69, 9.17) is 9.84 Å². The van der Waals surface area contributed by atoms with Gasteiger partial charge in [-0.3, -0.25) is 9.36 Å². The molecule has 1 aliphatic heterocycles. The molecule has 10 heteroatoms. The molecular formula is C10H12N4NaO5. The van der Waals surface area contributed by atoms with Gasteiger partial charge in [-0.1, -0.05) is 0 Å². The summed E-state index contributed by atoms with van der Waals surface area (Å²) in [6.45, 7) is -0.421. The predicted octanol–water partition coefficient (Wildman–Crippen LogP) is -2.65. The normalized spacial score (nSPS) is 29.6. The van der Waals surface area contributed by atoms with Crippen LogP contribution in [0.1, 0.15) is 6.23 Å². The molecule has 4 unspecified atom stereocenters. The molecule has 1 radical (unpaired) electrons. The van der Waals surface area contributed by atoms with Gasteiger partial charge < -0.3 is 25.0 Å². The largest absolute Gasteiger partial charge is 0.394 e. The van der Waals surface area contributed by atoms with Crippen LogP contribution in [0.25, 0.3) is 11.2 Å². The Hall–Kier alpha value is -0.810. The van der Waals surface area contributed by atoms with Crippen molar-refractivity contribution in [3.05, 3.63) is 23.0 Å². The fraction of sp³-hybridized carbons (Fsp3) is 0.500. The van der Waals surface area contributed by atoms with Gasteiger partial charge in [-0.05, 0) is 0 Å². The summed E-state index contributed by atoms with van der Waals surface area (Å²) in [5.74, 6) is 0. The number of fused-ring (bicyclic) bond motifs is 1. The topological polar surface area (TPSA) is 133 Å². The van der Waals surface area contributed by atoms with E-state index in [1.165, 1.54) is 17.2 Å². The van der Waals surface area contributed by atoms with Crippen LogP contribution in [0, 0.1) is 0 Å². The minimum Gasteiger partial charge on any atom is -0.394 e. The van der Waals surface area contributed by atoms with E-state index in [9.17, 15) is 15.0 Å². The Morgan fingerprint density at radius 1 is 1.35 bits per heavy atom. The molecule has 4 atom stereocenters. The monoisotopic (exact) mass is 291 g/mol. The maximum Gasteiger partial charge on any atom is 0.278 e. The third-order valence-electron chi connectivity index (χ3n) is 3.16. The Bertz CT molecular complexity index is 658. The summed E-state index contributed by atoms with van der Waals surface area (Å²) in [6.07, 6.45) is -1.78. The zero-order chi connectivity index (χ0) is 13.6. The molecule has 3 rings (SSSR count). The molecule has 0 aliphatic carbocycles. The van der Waals surface area contributed by atoms with Crippen LogP contribution in [0.15, 0.2) is 17.4 Å². The quantitative estimate of drug-likeness (QED) is 0.444. The van der Waals surface area contributed by atoms with Crippen LogP contribution in [-0.4, -0.2) is 89.3 Å². The van der Waals surface area contributed by atoms with Gasteiger partial charge in [0.2, 0.25) is 0 Å². The van der Waals surface area contributed by atoms with Crippen molar-refractivity contribution in [2.75, 3.05) is 6.61 Å². The number of rotatable bonds is 2. The molecule has 1 fully saturated rings. The number of aromatic nitrogens is 4. The van der Waals surface area contributed by atoms with Gasteiger partial charge in [-0.25, -0.2) is 9.97 Å². The molecule has 0 saturated carbocycles. The second kappa shape index (κ2) is 5.90. The van der Waals surface area contributed by atoms with Crippen molar-refractivity contribution in [1.82, 2.24) is 19.5 Å². The fourth-order valence-electron chi connectivity index (χ4n) is 2.16. The molecular weight excluding hydrogens is 279 g/mol. The third-order valence-corrected chi connectivity index (χ3v) is 3.16. The van der Waals surface area contributed by atoms with Gasteiger partial charge in [0.1, 0.15) is 18.3 Å². The molecule has 2 aromatic heterocycles. The van der Waals surface area contributed by atoms with Gasteiger partial charge >= 0.3 is 0 Å². The first-order valence-corrected chi connectivity index (χ1v) is 5.66. The molecule has 20 heavy (non-hydrogen) atoms. The van der Waals surface area contributed by atoms with Gasteiger partial charge in [0.15, 0.2) is 17.4 Å². The van der Waals surface area contributed by atoms with E-state index in [-0.39, 0.29) is 40.7 Å². The molecule has 3 heterocycles. The first kappa shape index (κ1) is 15.6. The zero-order valence-electron chi connectivity index (χ0n) is 10.7. The van der Waals surface area contributed by atoms with E-state index in [2.05, 4.69) is 15.0 Å². The minimum absolute atomic E-state index is 0. The first-order chi connectivity index (χ1) is 9.13. The van der Waals surface area contributed by atoms with Crippen LogP contribution in [0.3, 0.4) is 0 Å². The predicted molar refractivity (Wildman–Crippen MR) is 66.9 cm³/mol. The Morgan fingerprint density at radius 2 is 2.10 bits per heavy atom. The van der Waals surface area contributed by atoms with E-state index in [1.807, 2.05) is 0 Å². The molecule has 0 aromatic carbocycles. The summed E-state index contributed by atoms with van der Waals surface area (Å²) in [5, 5.41) is 28.6. The SMILES string of the molecule is O=c1[nH]cnc2c1ncn2C1OC(CO)C(O)C1O.[Na]. The number of aliphatic hydroxyl groups excluding tert-OH is 3. The van der Waals surface area contributed by atoms with E-state index in [1.54, 1.807) is 0 Å². The van der Waals surface area contributed by atoms with Gasteiger partial charge in [0, 0.05) is 29.6 Å². The number of nitrogens with one attached hydrogen (secondary N) is 1. The maximum absolute atomic E-state index is 11.5. The van der Waals surface area contributed by atoms with Crippen LogP contribution >= 0.6 is 0 Å². The van der Waals surface area contributed by atoms with Crippen LogP contribution in [0.4, 0.5) is 0 Å². The van der Waals surface area contributed by atoms with Crippen molar-refractivity contribution in [3.63, 3.8) is 0 Å². The second-order valence-corrected chi connectivity index (χ2v) is 4.28. The molecule has 1 aliphatic rings. The molecule has 103 valence electrons. The molecule has 4 N–H and O–H groups in total. The summed E-state index contributed by atoms with van der Waals surface area (Å²) in [5.41, 5.74) is -0.0608. The summed E-state index contributed by atoms with van der Waals surface area (Å²) in [7, 11) is 0. The number of nitrogens with zero attached hydrogens (tertiary/aromatic N) is 3. The smallest absolute Gasteiger partial charge is 0.278 e.